The van der Waals surface area contributed by atoms with Gasteiger partial charge in [0.05, 0.1) is 12.6 Å². The Bertz CT molecular complexity index is 482. The second-order valence-corrected chi connectivity index (χ2v) is 5.59. The van der Waals surface area contributed by atoms with Gasteiger partial charge in [-0.2, -0.15) is 0 Å². The maximum atomic E-state index is 12.9. The van der Waals surface area contributed by atoms with E-state index in [0.29, 0.717) is 6.54 Å². The number of benzene rings is 1. The molecule has 21 heavy (non-hydrogen) atoms. The van der Waals surface area contributed by atoms with E-state index < -0.39 is 0 Å². The molecule has 1 N–H and O–H groups in total. The van der Waals surface area contributed by atoms with Crippen LogP contribution in [0.1, 0.15) is 31.4 Å². The summed E-state index contributed by atoms with van der Waals surface area (Å²) in [6.07, 6.45) is 2.66. The lowest BCUT2D eigenvalue weighted by atomic mass is 9.99. The van der Waals surface area contributed by atoms with Crippen molar-refractivity contribution >= 4 is 12.2 Å². The molecule has 1 amide bonds. The Balaban J connectivity index is 1.79. The normalized spacial score (nSPS) is 18.2. The molecule has 0 saturated carbocycles. The van der Waals surface area contributed by atoms with E-state index in [1.165, 1.54) is 12.1 Å². The van der Waals surface area contributed by atoms with Crippen molar-refractivity contribution in [1.82, 2.24) is 10.2 Å². The SMILES string of the molecule is CC(NC(=O)CN1CCC(C=O)CC1)c1ccc(F)cc1. The summed E-state index contributed by atoms with van der Waals surface area (Å²) in [5.41, 5.74) is 0.879. The first kappa shape index (κ1) is 15.6. The number of carbonyl (C=O) groups excluding carboxylic acids is 2. The van der Waals surface area contributed by atoms with Gasteiger partial charge in [0, 0.05) is 5.92 Å². The molecule has 114 valence electrons. The molecule has 0 radical (unpaired) electrons. The fourth-order valence-electron chi connectivity index (χ4n) is 2.57. The van der Waals surface area contributed by atoms with Crippen LogP contribution in [-0.4, -0.2) is 36.7 Å². The minimum Gasteiger partial charge on any atom is -0.348 e. The Hall–Kier alpha value is -1.75. The van der Waals surface area contributed by atoms with Gasteiger partial charge in [0.1, 0.15) is 12.1 Å². The molecule has 0 aromatic heterocycles. The van der Waals surface area contributed by atoms with E-state index in [2.05, 4.69) is 10.2 Å². The van der Waals surface area contributed by atoms with Crippen molar-refractivity contribution in [3.63, 3.8) is 0 Å². The molecule has 1 heterocycles. The lowest BCUT2D eigenvalue weighted by molar-refractivity contribution is -0.123. The number of carbonyl (C=O) groups is 2. The summed E-state index contributed by atoms with van der Waals surface area (Å²) in [6, 6.07) is 5.99. The van der Waals surface area contributed by atoms with Gasteiger partial charge in [-0.1, -0.05) is 12.1 Å². The van der Waals surface area contributed by atoms with E-state index in [1.807, 2.05) is 6.92 Å². The molecule has 5 heteroatoms. The molecule has 0 bridgehead atoms. The topological polar surface area (TPSA) is 49.4 Å². The predicted molar refractivity (Wildman–Crippen MR) is 78.2 cm³/mol. The van der Waals surface area contributed by atoms with Crippen molar-refractivity contribution in [1.29, 1.82) is 0 Å². The summed E-state index contributed by atoms with van der Waals surface area (Å²) < 4.78 is 12.9. The summed E-state index contributed by atoms with van der Waals surface area (Å²) in [5, 5.41) is 2.92. The van der Waals surface area contributed by atoms with Gasteiger partial charge in [-0.15, -0.1) is 0 Å². The average Bonchev–Trinajstić information content (AvgIpc) is 2.48. The zero-order valence-electron chi connectivity index (χ0n) is 12.2. The number of amides is 1. The first-order valence-corrected chi connectivity index (χ1v) is 7.31. The molecule has 1 aromatic rings. The predicted octanol–water partition coefficient (Wildman–Crippen LogP) is 1.91. The molecular weight excluding hydrogens is 271 g/mol. The van der Waals surface area contributed by atoms with Crippen LogP contribution in [0.25, 0.3) is 0 Å². The van der Waals surface area contributed by atoms with E-state index in [1.54, 1.807) is 12.1 Å². The largest absolute Gasteiger partial charge is 0.348 e. The van der Waals surface area contributed by atoms with Gasteiger partial charge in [-0.3, -0.25) is 9.69 Å². The summed E-state index contributed by atoms with van der Waals surface area (Å²) >= 11 is 0. The summed E-state index contributed by atoms with van der Waals surface area (Å²) in [4.78, 5) is 24.8. The molecule has 1 aliphatic rings. The summed E-state index contributed by atoms with van der Waals surface area (Å²) in [6.45, 7) is 3.78. The summed E-state index contributed by atoms with van der Waals surface area (Å²) in [7, 11) is 0. The monoisotopic (exact) mass is 292 g/mol. The second kappa shape index (κ2) is 7.31. The van der Waals surface area contributed by atoms with Gasteiger partial charge in [-0.25, -0.2) is 4.39 Å². The highest BCUT2D eigenvalue weighted by Gasteiger charge is 2.20. The van der Waals surface area contributed by atoms with Crippen LogP contribution in [0.2, 0.25) is 0 Å². The number of aldehydes is 1. The van der Waals surface area contributed by atoms with Gasteiger partial charge in [0.25, 0.3) is 0 Å². The van der Waals surface area contributed by atoms with Crippen molar-refractivity contribution in [3.8, 4) is 0 Å². The lowest BCUT2D eigenvalue weighted by Gasteiger charge is -2.29. The number of nitrogens with one attached hydrogen (secondary N) is 1. The van der Waals surface area contributed by atoms with E-state index in [-0.39, 0.29) is 23.7 Å². The number of nitrogens with zero attached hydrogens (tertiary/aromatic N) is 1. The van der Waals surface area contributed by atoms with E-state index >= 15 is 0 Å². The Labute approximate surface area is 124 Å². The maximum Gasteiger partial charge on any atom is 0.234 e. The Morgan fingerprint density at radius 3 is 2.57 bits per heavy atom. The zero-order chi connectivity index (χ0) is 15.2. The van der Waals surface area contributed by atoms with Gasteiger partial charge in [0.2, 0.25) is 5.91 Å². The third-order valence-electron chi connectivity index (χ3n) is 3.94. The fraction of sp³-hybridized carbons (Fsp3) is 0.500. The molecule has 0 aliphatic carbocycles. The zero-order valence-corrected chi connectivity index (χ0v) is 12.2. The van der Waals surface area contributed by atoms with Crippen molar-refractivity contribution in [3.05, 3.63) is 35.6 Å². The first-order chi connectivity index (χ1) is 10.1. The minimum atomic E-state index is -0.282. The third kappa shape index (κ3) is 4.63. The molecule has 2 rings (SSSR count). The van der Waals surface area contributed by atoms with Crippen LogP contribution < -0.4 is 5.32 Å². The second-order valence-electron chi connectivity index (χ2n) is 5.59. The molecular formula is C16H21FN2O2. The van der Waals surface area contributed by atoms with Crippen LogP contribution in [0, 0.1) is 11.7 Å². The van der Waals surface area contributed by atoms with Crippen molar-refractivity contribution in [2.75, 3.05) is 19.6 Å². The molecule has 1 unspecified atom stereocenters. The number of halogens is 1. The van der Waals surface area contributed by atoms with Gasteiger partial charge in [-0.05, 0) is 50.6 Å². The van der Waals surface area contributed by atoms with Crippen LogP contribution in [0.5, 0.6) is 0 Å². The maximum absolute atomic E-state index is 12.9. The smallest absolute Gasteiger partial charge is 0.234 e. The molecule has 4 nitrogen and oxygen atoms in total. The van der Waals surface area contributed by atoms with Crippen molar-refractivity contribution < 1.29 is 14.0 Å². The Morgan fingerprint density at radius 1 is 1.38 bits per heavy atom. The van der Waals surface area contributed by atoms with Gasteiger partial charge >= 0.3 is 0 Å². The Morgan fingerprint density at radius 2 is 2.00 bits per heavy atom. The van der Waals surface area contributed by atoms with Gasteiger partial charge in [0.15, 0.2) is 0 Å². The molecule has 1 atom stereocenters. The van der Waals surface area contributed by atoms with Gasteiger partial charge < -0.3 is 10.1 Å². The fourth-order valence-corrected chi connectivity index (χ4v) is 2.57. The number of rotatable bonds is 5. The lowest BCUT2D eigenvalue weighted by Crippen LogP contribution is -2.42. The van der Waals surface area contributed by atoms with E-state index in [0.717, 1.165) is 37.8 Å². The van der Waals surface area contributed by atoms with E-state index in [4.69, 9.17) is 0 Å². The highest BCUT2D eigenvalue weighted by Crippen LogP contribution is 2.15. The number of likely N-dealkylation sites (tertiary alicyclic amines) is 1. The highest BCUT2D eigenvalue weighted by atomic mass is 19.1. The third-order valence-corrected chi connectivity index (χ3v) is 3.94. The van der Waals surface area contributed by atoms with Crippen LogP contribution in [-0.2, 0) is 9.59 Å². The van der Waals surface area contributed by atoms with Crippen LogP contribution in [0.15, 0.2) is 24.3 Å². The summed E-state index contributed by atoms with van der Waals surface area (Å²) in [5.74, 6) is -0.186. The number of hydrogen-bond donors (Lipinski definition) is 1. The van der Waals surface area contributed by atoms with Crippen molar-refractivity contribution in [2.45, 2.75) is 25.8 Å². The molecule has 1 fully saturated rings. The van der Waals surface area contributed by atoms with E-state index in [9.17, 15) is 14.0 Å². The molecule has 1 aromatic carbocycles. The quantitative estimate of drug-likeness (QED) is 0.844. The average molecular weight is 292 g/mol. The van der Waals surface area contributed by atoms with Crippen LogP contribution in [0.4, 0.5) is 4.39 Å². The minimum absolute atomic E-state index is 0.0450. The number of hydrogen-bond acceptors (Lipinski definition) is 3. The van der Waals surface area contributed by atoms with Crippen molar-refractivity contribution in [2.24, 2.45) is 5.92 Å². The number of piperidine rings is 1. The highest BCUT2D eigenvalue weighted by molar-refractivity contribution is 5.78. The Kier molecular flexibility index (Phi) is 5.44. The molecule has 1 aliphatic heterocycles. The van der Waals surface area contributed by atoms with Crippen LogP contribution in [0.3, 0.4) is 0 Å². The first-order valence-electron chi connectivity index (χ1n) is 7.31. The molecule has 1 saturated heterocycles. The van der Waals surface area contributed by atoms with Crippen LogP contribution >= 0.6 is 0 Å². The standard InChI is InChI=1S/C16H21FN2O2/c1-12(14-2-4-15(17)5-3-14)18-16(21)10-19-8-6-13(11-20)7-9-19/h2-5,11-13H,6-10H2,1H3,(H,18,21). The molecule has 0 spiro atoms.